The zero-order valence-electron chi connectivity index (χ0n) is 9.87. The van der Waals surface area contributed by atoms with E-state index in [-0.39, 0.29) is 0 Å². The minimum Gasteiger partial charge on any atom is -0.0841 e. The van der Waals surface area contributed by atoms with Crippen molar-refractivity contribution in [3.05, 3.63) is 53.1 Å². The van der Waals surface area contributed by atoms with Crippen LogP contribution in [0.5, 0.6) is 0 Å². The van der Waals surface area contributed by atoms with Gasteiger partial charge >= 0.3 is 0 Å². The molecule has 0 nitrogen and oxygen atoms in total. The molecule has 0 aromatic heterocycles. The van der Waals surface area contributed by atoms with Crippen LogP contribution >= 0.6 is 0 Å². The molecule has 0 amide bonds. The van der Waals surface area contributed by atoms with Crippen LogP contribution in [0, 0.1) is 0 Å². The van der Waals surface area contributed by atoms with Crippen molar-refractivity contribution in [1.29, 1.82) is 0 Å². The summed E-state index contributed by atoms with van der Waals surface area (Å²) in [7, 11) is 0. The van der Waals surface area contributed by atoms with E-state index < -0.39 is 0 Å². The molecular formula is C16H18. The lowest BCUT2D eigenvalue weighted by atomic mass is 9.74. The Morgan fingerprint density at radius 2 is 1.94 bits per heavy atom. The number of benzene rings is 1. The molecule has 0 saturated heterocycles. The van der Waals surface area contributed by atoms with Gasteiger partial charge in [-0.05, 0) is 48.3 Å². The van der Waals surface area contributed by atoms with Gasteiger partial charge in [-0.3, -0.25) is 0 Å². The Balaban J connectivity index is 2.13. The molecule has 0 bridgehead atoms. The molecule has 0 fully saturated rings. The average molecular weight is 210 g/mol. The van der Waals surface area contributed by atoms with E-state index in [4.69, 9.17) is 0 Å². The molecule has 0 saturated carbocycles. The fourth-order valence-electron chi connectivity index (χ4n) is 3.10. The monoisotopic (exact) mass is 210 g/mol. The summed E-state index contributed by atoms with van der Waals surface area (Å²) in [5.41, 5.74) is 6.41. The highest BCUT2D eigenvalue weighted by molar-refractivity contribution is 5.76. The Labute approximate surface area is 97.7 Å². The molecule has 0 aliphatic heterocycles. The molecule has 1 unspecified atom stereocenters. The van der Waals surface area contributed by atoms with Gasteiger partial charge in [0, 0.05) is 0 Å². The van der Waals surface area contributed by atoms with Gasteiger partial charge in [0.15, 0.2) is 0 Å². The van der Waals surface area contributed by atoms with Gasteiger partial charge in [-0.2, -0.15) is 0 Å². The van der Waals surface area contributed by atoms with Crippen LogP contribution in [0.2, 0.25) is 0 Å². The SMILES string of the molecule is CCC1CC2=C(CC=CC2)c2ccccc21. The molecule has 2 aliphatic carbocycles. The van der Waals surface area contributed by atoms with E-state index in [0.29, 0.717) is 0 Å². The quantitative estimate of drug-likeness (QED) is 0.590. The maximum Gasteiger partial charge on any atom is -0.00916 e. The van der Waals surface area contributed by atoms with E-state index in [1.807, 2.05) is 0 Å². The third kappa shape index (κ3) is 1.44. The van der Waals surface area contributed by atoms with Crippen molar-refractivity contribution >= 4 is 5.57 Å². The van der Waals surface area contributed by atoms with Crippen molar-refractivity contribution in [2.45, 2.75) is 38.5 Å². The van der Waals surface area contributed by atoms with Gasteiger partial charge < -0.3 is 0 Å². The van der Waals surface area contributed by atoms with Gasteiger partial charge in [0.2, 0.25) is 0 Å². The molecule has 82 valence electrons. The van der Waals surface area contributed by atoms with Crippen molar-refractivity contribution in [2.75, 3.05) is 0 Å². The standard InChI is InChI=1S/C16H18/c1-2-12-11-13-7-3-4-9-15(13)16-10-6-5-8-14(12)16/h3-6,8,10,12H,2,7,9,11H2,1H3. The second kappa shape index (κ2) is 3.93. The highest BCUT2D eigenvalue weighted by Crippen LogP contribution is 2.44. The van der Waals surface area contributed by atoms with Crippen molar-refractivity contribution < 1.29 is 0 Å². The van der Waals surface area contributed by atoms with Crippen LogP contribution in [-0.4, -0.2) is 0 Å². The maximum atomic E-state index is 2.33. The lowest BCUT2D eigenvalue weighted by Gasteiger charge is -2.30. The lowest BCUT2D eigenvalue weighted by Crippen LogP contribution is -2.11. The summed E-state index contributed by atoms with van der Waals surface area (Å²) in [4.78, 5) is 0. The van der Waals surface area contributed by atoms with Gasteiger partial charge in [-0.25, -0.2) is 0 Å². The molecule has 0 N–H and O–H groups in total. The number of allylic oxidation sites excluding steroid dienone is 4. The number of hydrogen-bond donors (Lipinski definition) is 0. The second-order valence-electron chi connectivity index (χ2n) is 4.86. The van der Waals surface area contributed by atoms with Gasteiger partial charge in [0.05, 0.1) is 0 Å². The Hall–Kier alpha value is -1.30. The number of hydrogen-bond acceptors (Lipinski definition) is 0. The Morgan fingerprint density at radius 1 is 1.12 bits per heavy atom. The average Bonchev–Trinajstić information content (AvgIpc) is 2.38. The maximum absolute atomic E-state index is 2.33. The topological polar surface area (TPSA) is 0 Å². The molecule has 1 aromatic rings. The number of fused-ring (bicyclic) bond motifs is 2. The fraction of sp³-hybridized carbons (Fsp3) is 0.375. The molecule has 0 spiro atoms. The van der Waals surface area contributed by atoms with Crippen LogP contribution < -0.4 is 0 Å². The minimum absolute atomic E-state index is 0.751. The molecule has 1 aromatic carbocycles. The van der Waals surface area contributed by atoms with E-state index in [0.717, 1.165) is 12.3 Å². The van der Waals surface area contributed by atoms with Gasteiger partial charge in [-0.15, -0.1) is 0 Å². The summed E-state index contributed by atoms with van der Waals surface area (Å²) in [5.74, 6) is 0.751. The van der Waals surface area contributed by atoms with Crippen molar-refractivity contribution in [2.24, 2.45) is 0 Å². The molecule has 2 aliphatic rings. The van der Waals surface area contributed by atoms with E-state index in [2.05, 4.69) is 43.3 Å². The van der Waals surface area contributed by atoms with Crippen molar-refractivity contribution in [1.82, 2.24) is 0 Å². The Morgan fingerprint density at radius 3 is 2.81 bits per heavy atom. The number of rotatable bonds is 1. The van der Waals surface area contributed by atoms with Gasteiger partial charge in [0.25, 0.3) is 0 Å². The summed E-state index contributed by atoms with van der Waals surface area (Å²) in [6.07, 6.45) is 9.52. The third-order valence-corrected chi connectivity index (χ3v) is 3.99. The highest BCUT2D eigenvalue weighted by Gasteiger charge is 2.24. The predicted molar refractivity (Wildman–Crippen MR) is 69.4 cm³/mol. The zero-order valence-corrected chi connectivity index (χ0v) is 9.87. The van der Waals surface area contributed by atoms with Crippen molar-refractivity contribution in [3.63, 3.8) is 0 Å². The van der Waals surface area contributed by atoms with E-state index in [1.165, 1.54) is 24.8 Å². The second-order valence-corrected chi connectivity index (χ2v) is 4.86. The molecule has 16 heavy (non-hydrogen) atoms. The third-order valence-electron chi connectivity index (χ3n) is 3.99. The summed E-state index contributed by atoms with van der Waals surface area (Å²) in [5, 5.41) is 0. The first kappa shape index (κ1) is 9.89. The summed E-state index contributed by atoms with van der Waals surface area (Å²) in [6, 6.07) is 9.00. The largest absolute Gasteiger partial charge is 0.0841 e. The summed E-state index contributed by atoms with van der Waals surface area (Å²) >= 11 is 0. The van der Waals surface area contributed by atoms with E-state index >= 15 is 0 Å². The van der Waals surface area contributed by atoms with Crippen LogP contribution in [0.3, 0.4) is 0 Å². The predicted octanol–water partition coefficient (Wildman–Crippen LogP) is 4.69. The summed E-state index contributed by atoms with van der Waals surface area (Å²) in [6.45, 7) is 2.31. The molecular weight excluding hydrogens is 192 g/mol. The van der Waals surface area contributed by atoms with Crippen LogP contribution in [0.15, 0.2) is 42.0 Å². The zero-order chi connectivity index (χ0) is 11.0. The molecule has 3 rings (SSSR count). The first-order chi connectivity index (χ1) is 7.90. The van der Waals surface area contributed by atoms with Crippen molar-refractivity contribution in [3.8, 4) is 0 Å². The molecule has 1 atom stereocenters. The molecule has 0 radical (unpaired) electrons. The Kier molecular flexibility index (Phi) is 2.43. The lowest BCUT2D eigenvalue weighted by molar-refractivity contribution is 0.636. The summed E-state index contributed by atoms with van der Waals surface area (Å²) < 4.78 is 0. The minimum atomic E-state index is 0.751. The first-order valence-corrected chi connectivity index (χ1v) is 6.35. The van der Waals surface area contributed by atoms with Crippen LogP contribution in [-0.2, 0) is 0 Å². The molecule has 0 heterocycles. The molecule has 0 heteroatoms. The highest BCUT2D eigenvalue weighted by atomic mass is 14.3. The van der Waals surface area contributed by atoms with E-state index in [1.54, 1.807) is 16.7 Å². The van der Waals surface area contributed by atoms with Crippen LogP contribution in [0.25, 0.3) is 5.57 Å². The normalized spacial score (nSPS) is 22.9. The fourth-order valence-corrected chi connectivity index (χ4v) is 3.10. The van der Waals surface area contributed by atoms with Crippen LogP contribution in [0.1, 0.15) is 49.7 Å². The van der Waals surface area contributed by atoms with Crippen LogP contribution in [0.4, 0.5) is 0 Å². The first-order valence-electron chi connectivity index (χ1n) is 6.35. The van der Waals surface area contributed by atoms with E-state index in [9.17, 15) is 0 Å². The Bertz CT molecular complexity index is 463. The van der Waals surface area contributed by atoms with Gasteiger partial charge in [-0.1, -0.05) is 48.9 Å². The van der Waals surface area contributed by atoms with Gasteiger partial charge in [0.1, 0.15) is 0 Å². The smallest absolute Gasteiger partial charge is 0.00916 e.